The molecule has 1 heterocycles. The molecule has 0 bridgehead atoms. The van der Waals surface area contributed by atoms with Crippen molar-refractivity contribution in [2.75, 3.05) is 7.05 Å². The molecule has 0 aliphatic rings. The largest absolute Gasteiger partial charge is 0.316 e. The summed E-state index contributed by atoms with van der Waals surface area (Å²) in [6.45, 7) is 0. The van der Waals surface area contributed by atoms with Gasteiger partial charge in [0.15, 0.2) is 0 Å². The third kappa shape index (κ3) is 3.90. The molecule has 0 fully saturated rings. The monoisotopic (exact) mass is 327 g/mol. The number of likely N-dealkylation sites (N-methyl/N-ethyl adjacent to an activating group) is 1. The van der Waals surface area contributed by atoms with E-state index in [1.54, 1.807) is 17.4 Å². The van der Waals surface area contributed by atoms with Crippen LogP contribution in [0.3, 0.4) is 0 Å². The van der Waals surface area contributed by atoms with Gasteiger partial charge in [-0.15, -0.1) is 0 Å². The Morgan fingerprint density at radius 3 is 2.67 bits per heavy atom. The average Bonchev–Trinajstić information content (AvgIpc) is 2.79. The van der Waals surface area contributed by atoms with E-state index in [4.69, 9.17) is 0 Å². The Bertz CT molecular complexity index is 478. The fourth-order valence-electron chi connectivity index (χ4n) is 1.98. The van der Waals surface area contributed by atoms with Crippen molar-refractivity contribution in [2.45, 2.75) is 18.9 Å². The third-order valence-corrected chi connectivity index (χ3v) is 4.06. The lowest BCUT2D eigenvalue weighted by atomic mass is 10.0. The molecule has 0 amide bonds. The van der Waals surface area contributed by atoms with Crippen molar-refractivity contribution >= 4 is 27.3 Å². The zero-order valence-corrected chi connectivity index (χ0v) is 12.5. The summed E-state index contributed by atoms with van der Waals surface area (Å²) in [5.74, 6) is -0.190. The summed E-state index contributed by atoms with van der Waals surface area (Å²) < 4.78 is 14.1. The lowest BCUT2D eigenvalue weighted by Crippen LogP contribution is -2.29. The number of hydrogen-bond acceptors (Lipinski definition) is 2. The highest BCUT2D eigenvalue weighted by Gasteiger charge is 2.10. The molecule has 0 saturated carbocycles. The minimum absolute atomic E-state index is 0.190. The van der Waals surface area contributed by atoms with Gasteiger partial charge in [-0.3, -0.25) is 0 Å². The number of rotatable bonds is 5. The minimum atomic E-state index is -0.190. The molecule has 0 aliphatic heterocycles. The highest BCUT2D eigenvalue weighted by atomic mass is 79.9. The van der Waals surface area contributed by atoms with Gasteiger partial charge >= 0.3 is 0 Å². The molecule has 2 rings (SSSR count). The second-order valence-electron chi connectivity index (χ2n) is 4.30. The van der Waals surface area contributed by atoms with E-state index in [9.17, 15) is 4.39 Å². The van der Waals surface area contributed by atoms with E-state index in [2.05, 4.69) is 38.1 Å². The first-order valence-corrected chi connectivity index (χ1v) is 7.54. The summed E-state index contributed by atoms with van der Waals surface area (Å²) >= 11 is 5.03. The lowest BCUT2D eigenvalue weighted by molar-refractivity contribution is 0.553. The lowest BCUT2D eigenvalue weighted by Gasteiger charge is -2.16. The zero-order chi connectivity index (χ0) is 13.0. The van der Waals surface area contributed by atoms with Gasteiger partial charge in [-0.05, 0) is 66.0 Å². The molecule has 1 aromatic heterocycles. The Morgan fingerprint density at radius 2 is 2.06 bits per heavy atom. The maximum Gasteiger partial charge on any atom is 0.124 e. The fourth-order valence-corrected chi connectivity index (χ4v) is 3.18. The molecule has 0 saturated heterocycles. The van der Waals surface area contributed by atoms with Crippen LogP contribution in [0.2, 0.25) is 0 Å². The smallest absolute Gasteiger partial charge is 0.124 e. The van der Waals surface area contributed by atoms with Crippen LogP contribution in [0.25, 0.3) is 0 Å². The van der Waals surface area contributed by atoms with Gasteiger partial charge in [0, 0.05) is 10.5 Å². The zero-order valence-electron chi connectivity index (χ0n) is 10.1. The summed E-state index contributed by atoms with van der Waals surface area (Å²) in [6, 6.07) is 7.52. The van der Waals surface area contributed by atoms with Crippen molar-refractivity contribution in [1.82, 2.24) is 5.32 Å². The van der Waals surface area contributed by atoms with Gasteiger partial charge < -0.3 is 5.32 Å². The molecule has 1 atom stereocenters. The Kier molecular flexibility index (Phi) is 4.92. The van der Waals surface area contributed by atoms with Crippen LogP contribution in [0.4, 0.5) is 4.39 Å². The standard InChI is InChI=1S/C14H15BrFNS/c1-17-14(6-10-2-3-18-9-10)7-11-4-12(15)8-13(16)5-11/h2-5,8-9,14,17H,6-7H2,1H3. The number of hydrogen-bond donors (Lipinski definition) is 1. The first-order valence-electron chi connectivity index (χ1n) is 5.80. The molecule has 18 heavy (non-hydrogen) atoms. The first-order chi connectivity index (χ1) is 8.67. The molecule has 1 N–H and O–H groups in total. The van der Waals surface area contributed by atoms with Crippen molar-refractivity contribution < 1.29 is 4.39 Å². The van der Waals surface area contributed by atoms with E-state index in [0.29, 0.717) is 6.04 Å². The van der Waals surface area contributed by atoms with Gasteiger partial charge in [-0.1, -0.05) is 15.9 Å². The Labute approximate surface area is 119 Å². The van der Waals surface area contributed by atoms with Gasteiger partial charge in [0.05, 0.1) is 0 Å². The van der Waals surface area contributed by atoms with E-state index >= 15 is 0 Å². The van der Waals surface area contributed by atoms with E-state index in [1.165, 1.54) is 11.6 Å². The average molecular weight is 328 g/mol. The predicted octanol–water partition coefficient (Wildman–Crippen LogP) is 4.02. The van der Waals surface area contributed by atoms with Crippen LogP contribution < -0.4 is 5.32 Å². The Morgan fingerprint density at radius 1 is 1.28 bits per heavy atom. The fraction of sp³-hybridized carbons (Fsp3) is 0.286. The van der Waals surface area contributed by atoms with Gasteiger partial charge in [-0.25, -0.2) is 4.39 Å². The molecule has 1 aromatic carbocycles. The van der Waals surface area contributed by atoms with Crippen LogP contribution >= 0.6 is 27.3 Å². The van der Waals surface area contributed by atoms with Crippen LogP contribution in [-0.2, 0) is 12.8 Å². The molecule has 96 valence electrons. The predicted molar refractivity (Wildman–Crippen MR) is 78.7 cm³/mol. The molecular formula is C14H15BrFNS. The third-order valence-electron chi connectivity index (χ3n) is 2.87. The van der Waals surface area contributed by atoms with Crippen LogP contribution in [0.15, 0.2) is 39.5 Å². The van der Waals surface area contributed by atoms with Crippen LogP contribution in [0.1, 0.15) is 11.1 Å². The highest BCUT2D eigenvalue weighted by Crippen LogP contribution is 2.17. The number of nitrogens with one attached hydrogen (secondary N) is 1. The SMILES string of the molecule is CNC(Cc1ccsc1)Cc1cc(F)cc(Br)c1. The summed E-state index contributed by atoms with van der Waals surface area (Å²) in [6.07, 6.45) is 1.79. The molecule has 1 nitrogen and oxygen atoms in total. The normalized spacial score (nSPS) is 12.6. The van der Waals surface area contributed by atoms with Crippen molar-refractivity contribution in [3.63, 3.8) is 0 Å². The van der Waals surface area contributed by atoms with Crippen molar-refractivity contribution in [2.24, 2.45) is 0 Å². The molecule has 0 radical (unpaired) electrons. The van der Waals surface area contributed by atoms with Gasteiger partial charge in [0.1, 0.15) is 5.82 Å². The van der Waals surface area contributed by atoms with E-state index in [-0.39, 0.29) is 5.82 Å². The summed E-state index contributed by atoms with van der Waals surface area (Å²) in [5, 5.41) is 7.54. The minimum Gasteiger partial charge on any atom is -0.316 e. The van der Waals surface area contributed by atoms with Gasteiger partial charge in [-0.2, -0.15) is 11.3 Å². The van der Waals surface area contributed by atoms with Crippen LogP contribution in [0, 0.1) is 5.82 Å². The van der Waals surface area contributed by atoms with E-state index < -0.39 is 0 Å². The Hall–Kier alpha value is -0.710. The van der Waals surface area contributed by atoms with E-state index in [0.717, 1.165) is 22.9 Å². The molecule has 2 aromatic rings. The maximum absolute atomic E-state index is 13.3. The molecule has 0 spiro atoms. The van der Waals surface area contributed by atoms with Crippen molar-refractivity contribution in [3.8, 4) is 0 Å². The second-order valence-corrected chi connectivity index (χ2v) is 6.00. The molecule has 0 aliphatic carbocycles. The second kappa shape index (κ2) is 6.45. The highest BCUT2D eigenvalue weighted by molar-refractivity contribution is 9.10. The van der Waals surface area contributed by atoms with E-state index in [1.807, 2.05) is 13.1 Å². The summed E-state index contributed by atoms with van der Waals surface area (Å²) in [4.78, 5) is 0. The van der Waals surface area contributed by atoms with Crippen LogP contribution in [-0.4, -0.2) is 13.1 Å². The van der Waals surface area contributed by atoms with Crippen molar-refractivity contribution in [1.29, 1.82) is 0 Å². The summed E-state index contributed by atoms with van der Waals surface area (Å²) in [5.41, 5.74) is 2.34. The quantitative estimate of drug-likeness (QED) is 0.874. The number of halogens is 2. The molecular weight excluding hydrogens is 313 g/mol. The Balaban J connectivity index is 2.05. The number of thiophene rings is 1. The molecule has 1 unspecified atom stereocenters. The topological polar surface area (TPSA) is 12.0 Å². The van der Waals surface area contributed by atoms with Crippen LogP contribution in [0.5, 0.6) is 0 Å². The van der Waals surface area contributed by atoms with Crippen molar-refractivity contribution in [3.05, 3.63) is 56.4 Å². The molecule has 4 heteroatoms. The maximum atomic E-state index is 13.3. The van der Waals surface area contributed by atoms with Gasteiger partial charge in [0.25, 0.3) is 0 Å². The van der Waals surface area contributed by atoms with Gasteiger partial charge in [0.2, 0.25) is 0 Å². The number of benzene rings is 1. The first kappa shape index (κ1) is 13.7. The summed E-state index contributed by atoms with van der Waals surface area (Å²) in [7, 11) is 1.95.